The van der Waals surface area contributed by atoms with Crippen LogP contribution in [0.2, 0.25) is 0 Å². The van der Waals surface area contributed by atoms with E-state index >= 15 is 0 Å². The topological polar surface area (TPSA) is 112 Å². The first-order chi connectivity index (χ1) is 12.5. The minimum Gasteiger partial charge on any atom is -0.490 e. The van der Waals surface area contributed by atoms with Crippen molar-refractivity contribution in [2.45, 2.75) is 13.5 Å². The lowest BCUT2D eigenvalue weighted by molar-refractivity contribution is -0.384. The first-order valence-corrected chi connectivity index (χ1v) is 8.12. The quantitative estimate of drug-likeness (QED) is 0.316. The van der Waals surface area contributed by atoms with Crippen LogP contribution in [-0.2, 0) is 6.61 Å². The summed E-state index contributed by atoms with van der Waals surface area (Å²) in [6, 6.07) is 11.5. The molecular formula is C17H18N4O4S. The smallest absolute Gasteiger partial charge is 0.269 e. The highest BCUT2D eigenvalue weighted by molar-refractivity contribution is 7.80. The molecule has 0 aromatic heterocycles. The summed E-state index contributed by atoms with van der Waals surface area (Å²) in [7, 11) is 0. The summed E-state index contributed by atoms with van der Waals surface area (Å²) in [5, 5.41) is 14.7. The molecule has 2 aromatic carbocycles. The van der Waals surface area contributed by atoms with Crippen molar-refractivity contribution in [3.8, 4) is 11.5 Å². The molecule has 3 N–H and O–H groups in total. The van der Waals surface area contributed by atoms with Crippen molar-refractivity contribution in [1.29, 1.82) is 0 Å². The zero-order valence-electron chi connectivity index (χ0n) is 14.0. The lowest BCUT2D eigenvalue weighted by atomic mass is 10.2. The van der Waals surface area contributed by atoms with E-state index in [1.54, 1.807) is 36.5 Å². The fraction of sp³-hybridized carbons (Fsp3) is 0.176. The van der Waals surface area contributed by atoms with Crippen molar-refractivity contribution >= 4 is 29.2 Å². The number of nitro groups is 1. The van der Waals surface area contributed by atoms with Gasteiger partial charge < -0.3 is 15.2 Å². The summed E-state index contributed by atoms with van der Waals surface area (Å²) in [5.74, 6) is 1.12. The van der Waals surface area contributed by atoms with Crippen molar-refractivity contribution in [3.05, 3.63) is 63.7 Å². The molecule has 0 saturated heterocycles. The summed E-state index contributed by atoms with van der Waals surface area (Å²) in [4.78, 5) is 10.2. The monoisotopic (exact) mass is 374 g/mol. The maximum atomic E-state index is 10.7. The van der Waals surface area contributed by atoms with Crippen LogP contribution in [0.1, 0.15) is 18.1 Å². The maximum Gasteiger partial charge on any atom is 0.269 e. The minimum absolute atomic E-state index is 0.0398. The Morgan fingerprint density at radius 3 is 2.62 bits per heavy atom. The molecule has 0 atom stereocenters. The molecule has 0 fully saturated rings. The van der Waals surface area contributed by atoms with E-state index in [1.165, 1.54) is 12.1 Å². The van der Waals surface area contributed by atoms with Crippen molar-refractivity contribution in [2.24, 2.45) is 10.8 Å². The van der Waals surface area contributed by atoms with Crippen molar-refractivity contribution in [3.63, 3.8) is 0 Å². The minimum atomic E-state index is -0.440. The normalized spacial score (nSPS) is 10.5. The first kappa shape index (κ1) is 19.1. The zero-order chi connectivity index (χ0) is 18.9. The third kappa shape index (κ3) is 5.71. The van der Waals surface area contributed by atoms with Gasteiger partial charge in [0.15, 0.2) is 16.6 Å². The van der Waals surface area contributed by atoms with Gasteiger partial charge in [-0.25, -0.2) is 0 Å². The molecule has 0 heterocycles. The molecule has 8 nitrogen and oxygen atoms in total. The summed E-state index contributed by atoms with van der Waals surface area (Å²) in [5.41, 5.74) is 9.41. The highest BCUT2D eigenvalue weighted by Crippen LogP contribution is 2.29. The maximum absolute atomic E-state index is 10.7. The average molecular weight is 374 g/mol. The molecule has 0 bridgehead atoms. The highest BCUT2D eigenvalue weighted by Gasteiger charge is 2.08. The molecule has 2 aromatic rings. The second-order valence-corrected chi connectivity index (χ2v) is 5.53. The van der Waals surface area contributed by atoms with Gasteiger partial charge in [-0.3, -0.25) is 15.5 Å². The number of rotatable bonds is 8. The Bertz CT molecular complexity index is 809. The van der Waals surface area contributed by atoms with Crippen LogP contribution in [0, 0.1) is 10.1 Å². The van der Waals surface area contributed by atoms with Gasteiger partial charge in [-0.2, -0.15) is 5.10 Å². The van der Waals surface area contributed by atoms with Gasteiger partial charge in [0.1, 0.15) is 6.61 Å². The molecular weight excluding hydrogens is 356 g/mol. The number of hydrazone groups is 1. The number of nitrogens with one attached hydrogen (secondary N) is 1. The van der Waals surface area contributed by atoms with Crippen molar-refractivity contribution in [2.75, 3.05) is 6.61 Å². The third-order valence-corrected chi connectivity index (χ3v) is 3.29. The summed E-state index contributed by atoms with van der Waals surface area (Å²) in [6.45, 7) is 2.60. The number of hydrogen-bond donors (Lipinski definition) is 2. The number of non-ortho nitro benzene ring substituents is 1. The second-order valence-electron chi connectivity index (χ2n) is 5.09. The Balaban J connectivity index is 2.08. The lowest BCUT2D eigenvalue weighted by Gasteiger charge is -2.12. The zero-order valence-corrected chi connectivity index (χ0v) is 14.9. The van der Waals surface area contributed by atoms with Crippen LogP contribution >= 0.6 is 12.2 Å². The van der Waals surface area contributed by atoms with Crippen LogP contribution in [0.15, 0.2) is 47.6 Å². The number of nitrogens with zero attached hydrogens (tertiary/aromatic N) is 2. The number of nitrogens with two attached hydrogens (primary N) is 1. The van der Waals surface area contributed by atoms with Gasteiger partial charge in [-0.15, -0.1) is 0 Å². The van der Waals surface area contributed by atoms with E-state index < -0.39 is 4.92 Å². The third-order valence-electron chi connectivity index (χ3n) is 3.20. The molecule has 26 heavy (non-hydrogen) atoms. The predicted molar refractivity (Wildman–Crippen MR) is 103 cm³/mol. The fourth-order valence-corrected chi connectivity index (χ4v) is 2.09. The Labute approximate surface area is 155 Å². The van der Waals surface area contributed by atoms with Crippen molar-refractivity contribution in [1.82, 2.24) is 5.43 Å². The van der Waals surface area contributed by atoms with E-state index in [-0.39, 0.29) is 17.4 Å². The number of benzene rings is 2. The van der Waals surface area contributed by atoms with E-state index in [1.807, 2.05) is 6.92 Å². The summed E-state index contributed by atoms with van der Waals surface area (Å²) >= 11 is 4.67. The number of nitro benzene ring substituents is 1. The molecule has 0 saturated carbocycles. The Hall–Kier alpha value is -3.20. The highest BCUT2D eigenvalue weighted by atomic mass is 32.1. The van der Waals surface area contributed by atoms with Gasteiger partial charge in [0.25, 0.3) is 5.69 Å². The largest absolute Gasteiger partial charge is 0.490 e. The van der Waals surface area contributed by atoms with E-state index in [9.17, 15) is 10.1 Å². The van der Waals surface area contributed by atoms with Gasteiger partial charge in [-0.1, -0.05) is 0 Å². The Morgan fingerprint density at radius 1 is 1.27 bits per heavy atom. The molecule has 0 aliphatic heterocycles. The van der Waals surface area contributed by atoms with Gasteiger partial charge in [0, 0.05) is 12.1 Å². The molecule has 0 amide bonds. The van der Waals surface area contributed by atoms with Crippen LogP contribution in [0.25, 0.3) is 0 Å². The van der Waals surface area contributed by atoms with E-state index in [4.69, 9.17) is 15.2 Å². The fourth-order valence-electron chi connectivity index (χ4n) is 2.04. The van der Waals surface area contributed by atoms with E-state index in [0.29, 0.717) is 18.1 Å². The number of ether oxygens (including phenoxy) is 2. The average Bonchev–Trinajstić information content (AvgIpc) is 2.61. The standard InChI is InChI=1S/C17H18N4O4S/c1-2-24-16-9-13(10-19-20-17(18)26)5-8-15(16)25-11-12-3-6-14(7-4-12)21(22)23/h3-10H,2,11H2,1H3,(H3,18,20,26)/b19-10-. The van der Waals surface area contributed by atoms with Crippen LogP contribution in [-0.4, -0.2) is 22.9 Å². The van der Waals surface area contributed by atoms with Gasteiger partial charge in [0.2, 0.25) is 0 Å². The molecule has 0 unspecified atom stereocenters. The molecule has 0 aliphatic carbocycles. The summed E-state index contributed by atoms with van der Waals surface area (Å²) in [6.07, 6.45) is 1.56. The first-order valence-electron chi connectivity index (χ1n) is 7.71. The molecule has 0 spiro atoms. The van der Waals surface area contributed by atoms with Crippen LogP contribution in [0.4, 0.5) is 5.69 Å². The molecule has 136 valence electrons. The predicted octanol–water partition coefficient (Wildman–Crippen LogP) is 2.74. The van der Waals surface area contributed by atoms with Crippen LogP contribution in [0.3, 0.4) is 0 Å². The van der Waals surface area contributed by atoms with Crippen LogP contribution < -0.4 is 20.6 Å². The van der Waals surface area contributed by atoms with Gasteiger partial charge in [-0.05, 0) is 60.6 Å². The second kappa shape index (κ2) is 9.33. The van der Waals surface area contributed by atoms with Gasteiger partial charge >= 0.3 is 0 Å². The summed E-state index contributed by atoms with van der Waals surface area (Å²) < 4.78 is 11.4. The number of thiocarbonyl (C=S) groups is 1. The Kier molecular flexibility index (Phi) is 6.86. The lowest BCUT2D eigenvalue weighted by Crippen LogP contribution is -2.23. The van der Waals surface area contributed by atoms with Gasteiger partial charge in [0.05, 0.1) is 17.7 Å². The molecule has 0 aliphatic rings. The molecule has 9 heteroatoms. The SMILES string of the molecule is CCOc1cc(/C=N\NC(N)=S)ccc1OCc1ccc([N+](=O)[O-])cc1. The Morgan fingerprint density at radius 2 is 2.00 bits per heavy atom. The van der Waals surface area contributed by atoms with Crippen molar-refractivity contribution < 1.29 is 14.4 Å². The van der Waals surface area contributed by atoms with E-state index in [2.05, 4.69) is 22.7 Å². The number of hydrogen-bond acceptors (Lipinski definition) is 6. The van der Waals surface area contributed by atoms with E-state index in [0.717, 1.165) is 11.1 Å². The molecule has 0 radical (unpaired) electrons. The van der Waals surface area contributed by atoms with Crippen LogP contribution in [0.5, 0.6) is 11.5 Å². The molecule has 2 rings (SSSR count).